The SMILES string of the molecule is COCCNCc1ccc(-c2cc3nccc(Oc4ccc(NC(=O)c5c(OC)ccn(-c6ccc(F)cc6)c5=O)c(Cl)c4)c3s2)nc1.Cl. The highest BCUT2D eigenvalue weighted by Crippen LogP contribution is 2.39. The average Bonchev–Trinajstić information content (AvgIpc) is 3.54. The second-order valence-electron chi connectivity index (χ2n) is 10.5. The summed E-state index contributed by atoms with van der Waals surface area (Å²) in [5, 5.41) is 6.18. The molecule has 1 amide bonds. The maximum atomic E-state index is 13.4. The fraction of sp³-hybridized carbons (Fsp3) is 0.143. The fourth-order valence-electron chi connectivity index (χ4n) is 4.88. The van der Waals surface area contributed by atoms with Crippen molar-refractivity contribution in [3.8, 4) is 33.5 Å². The van der Waals surface area contributed by atoms with Crippen molar-refractivity contribution in [3.63, 3.8) is 0 Å². The highest BCUT2D eigenvalue weighted by molar-refractivity contribution is 7.22. The fourth-order valence-corrected chi connectivity index (χ4v) is 6.14. The first-order valence-corrected chi connectivity index (χ1v) is 15.9. The standard InChI is InChI=1S/C35H29ClFN5O5S.ClH/c1-45-16-14-38-19-21-3-9-27(40-20-21)31-18-28-33(48-31)30(11-13-39-28)47-24-8-10-26(25(36)17-24)41-34(43)32-29(46-2)12-15-42(35(32)44)23-6-4-22(37)5-7-23;/h3-13,15,17-18,20,38H,14,16,19H2,1-2H3,(H,41,43);1H. The molecule has 0 radical (unpaired) electrons. The van der Waals surface area contributed by atoms with Crippen LogP contribution in [0, 0.1) is 5.82 Å². The third-order valence-corrected chi connectivity index (χ3v) is 8.76. The zero-order chi connectivity index (χ0) is 33.6. The van der Waals surface area contributed by atoms with Crippen LogP contribution < -0.4 is 25.7 Å². The zero-order valence-electron chi connectivity index (χ0n) is 26.2. The van der Waals surface area contributed by atoms with E-state index in [1.54, 1.807) is 37.6 Å². The molecule has 4 heterocycles. The minimum absolute atomic E-state index is 0. The Labute approximate surface area is 295 Å². The zero-order valence-corrected chi connectivity index (χ0v) is 28.6. The molecule has 2 aromatic carbocycles. The van der Waals surface area contributed by atoms with Crippen LogP contribution in [0.4, 0.5) is 10.1 Å². The van der Waals surface area contributed by atoms with E-state index in [-0.39, 0.29) is 34.4 Å². The second kappa shape index (κ2) is 16.0. The molecule has 0 bridgehead atoms. The van der Waals surface area contributed by atoms with Crippen LogP contribution in [-0.4, -0.2) is 47.8 Å². The molecule has 0 unspecified atom stereocenters. The lowest BCUT2D eigenvalue weighted by atomic mass is 10.2. The van der Waals surface area contributed by atoms with Crippen molar-refractivity contribution in [2.75, 3.05) is 32.7 Å². The molecule has 6 rings (SSSR count). The van der Waals surface area contributed by atoms with Gasteiger partial charge >= 0.3 is 0 Å². The number of carbonyl (C=O) groups is 1. The molecule has 0 saturated carbocycles. The van der Waals surface area contributed by atoms with Gasteiger partial charge in [-0.3, -0.25) is 24.1 Å². The number of ether oxygens (including phenoxy) is 3. The maximum absolute atomic E-state index is 13.4. The van der Waals surface area contributed by atoms with E-state index >= 15 is 0 Å². The van der Waals surface area contributed by atoms with Gasteiger partial charge < -0.3 is 24.8 Å². The Kier molecular flexibility index (Phi) is 11.6. The molecular formula is C35H30Cl2FN5O5S. The molecule has 0 atom stereocenters. The predicted molar refractivity (Wildman–Crippen MR) is 192 cm³/mol. The molecule has 0 spiro atoms. The van der Waals surface area contributed by atoms with Crippen molar-refractivity contribution in [1.29, 1.82) is 0 Å². The number of amides is 1. The number of fused-ring (bicyclic) bond motifs is 1. The minimum Gasteiger partial charge on any atom is -0.496 e. The van der Waals surface area contributed by atoms with E-state index in [9.17, 15) is 14.0 Å². The molecule has 10 nitrogen and oxygen atoms in total. The Balaban J connectivity index is 0.00000468. The van der Waals surface area contributed by atoms with Crippen molar-refractivity contribution < 1.29 is 23.4 Å². The largest absolute Gasteiger partial charge is 0.496 e. The number of aromatic nitrogens is 3. The van der Waals surface area contributed by atoms with E-state index in [0.717, 1.165) is 32.9 Å². The average molecular weight is 723 g/mol. The van der Waals surface area contributed by atoms with E-state index in [1.807, 2.05) is 24.4 Å². The number of nitrogens with zero attached hydrogens (tertiary/aromatic N) is 3. The van der Waals surface area contributed by atoms with Gasteiger partial charge in [0, 0.05) is 56.6 Å². The number of pyridine rings is 3. The van der Waals surface area contributed by atoms with Gasteiger partial charge in [0.2, 0.25) is 0 Å². The van der Waals surface area contributed by atoms with Crippen molar-refractivity contribution in [2.24, 2.45) is 0 Å². The van der Waals surface area contributed by atoms with Crippen LogP contribution in [0.1, 0.15) is 15.9 Å². The lowest BCUT2D eigenvalue weighted by molar-refractivity contribution is 0.102. The van der Waals surface area contributed by atoms with Crippen LogP contribution >= 0.6 is 35.3 Å². The number of hydrogen-bond acceptors (Lipinski definition) is 9. The highest BCUT2D eigenvalue weighted by atomic mass is 35.5. The summed E-state index contributed by atoms with van der Waals surface area (Å²) in [5.74, 6) is -0.0894. The van der Waals surface area contributed by atoms with Gasteiger partial charge in [0.15, 0.2) is 0 Å². The van der Waals surface area contributed by atoms with Gasteiger partial charge in [0.05, 0.1) is 45.2 Å². The molecule has 0 saturated heterocycles. The van der Waals surface area contributed by atoms with Gasteiger partial charge in [-0.05, 0) is 60.2 Å². The first kappa shape index (κ1) is 35.5. The number of hydrogen-bond donors (Lipinski definition) is 2. The van der Waals surface area contributed by atoms with Crippen molar-refractivity contribution in [3.05, 3.63) is 124 Å². The molecule has 6 aromatic rings. The monoisotopic (exact) mass is 721 g/mol. The number of methoxy groups -OCH3 is 2. The van der Waals surface area contributed by atoms with E-state index < -0.39 is 17.3 Å². The Hall–Kier alpha value is -4.85. The predicted octanol–water partition coefficient (Wildman–Crippen LogP) is 7.51. The van der Waals surface area contributed by atoms with Gasteiger partial charge in [-0.2, -0.15) is 0 Å². The Bertz CT molecular complexity index is 2140. The molecular weight excluding hydrogens is 692 g/mol. The van der Waals surface area contributed by atoms with Crippen LogP contribution in [0.3, 0.4) is 0 Å². The van der Waals surface area contributed by atoms with E-state index in [2.05, 4.69) is 20.6 Å². The summed E-state index contributed by atoms with van der Waals surface area (Å²) in [6.45, 7) is 2.11. The summed E-state index contributed by atoms with van der Waals surface area (Å²) in [5.41, 5.74) is 2.42. The topological polar surface area (TPSA) is 117 Å². The molecule has 0 aliphatic carbocycles. The number of carbonyl (C=O) groups excluding carboxylic acids is 1. The Morgan fingerprint density at radius 1 is 1.00 bits per heavy atom. The number of rotatable bonds is 12. The molecule has 14 heteroatoms. The maximum Gasteiger partial charge on any atom is 0.271 e. The summed E-state index contributed by atoms with van der Waals surface area (Å²) in [4.78, 5) is 36.8. The molecule has 2 N–H and O–H groups in total. The van der Waals surface area contributed by atoms with Gasteiger partial charge in [-0.15, -0.1) is 23.7 Å². The number of benzene rings is 2. The molecule has 252 valence electrons. The molecule has 0 aliphatic heterocycles. The number of anilines is 1. The molecule has 49 heavy (non-hydrogen) atoms. The van der Waals surface area contributed by atoms with Gasteiger partial charge in [0.25, 0.3) is 11.5 Å². The number of thiophene rings is 1. The molecule has 0 fully saturated rings. The summed E-state index contributed by atoms with van der Waals surface area (Å²) in [6.07, 6.45) is 4.97. The quantitative estimate of drug-likeness (QED) is 0.125. The van der Waals surface area contributed by atoms with Gasteiger partial charge in [-0.1, -0.05) is 17.7 Å². The number of nitrogens with one attached hydrogen (secondary N) is 2. The lowest BCUT2D eigenvalue weighted by Crippen LogP contribution is -2.29. The van der Waals surface area contributed by atoms with E-state index in [1.165, 1.54) is 59.5 Å². The van der Waals surface area contributed by atoms with Gasteiger partial charge in [0.1, 0.15) is 28.6 Å². The summed E-state index contributed by atoms with van der Waals surface area (Å²) in [6, 6.07) is 19.4. The third kappa shape index (κ3) is 8.07. The number of halogens is 3. The summed E-state index contributed by atoms with van der Waals surface area (Å²) in [7, 11) is 3.03. The summed E-state index contributed by atoms with van der Waals surface area (Å²) < 4.78 is 32.1. The Morgan fingerprint density at radius 3 is 2.53 bits per heavy atom. The third-order valence-electron chi connectivity index (χ3n) is 7.29. The first-order valence-electron chi connectivity index (χ1n) is 14.7. The van der Waals surface area contributed by atoms with Crippen LogP contribution in [-0.2, 0) is 11.3 Å². The van der Waals surface area contributed by atoms with Crippen LogP contribution in [0.25, 0.3) is 26.5 Å². The lowest BCUT2D eigenvalue weighted by Gasteiger charge is -2.14. The van der Waals surface area contributed by atoms with E-state index in [4.69, 9.17) is 25.8 Å². The first-order chi connectivity index (χ1) is 23.3. The normalized spacial score (nSPS) is 10.9. The minimum atomic E-state index is -0.727. The van der Waals surface area contributed by atoms with E-state index in [0.29, 0.717) is 30.3 Å². The van der Waals surface area contributed by atoms with Crippen molar-refractivity contribution in [2.45, 2.75) is 6.54 Å². The van der Waals surface area contributed by atoms with Crippen LogP contribution in [0.15, 0.2) is 96.2 Å². The molecule has 0 aliphatic rings. The van der Waals surface area contributed by atoms with Crippen molar-refractivity contribution >= 4 is 57.2 Å². The van der Waals surface area contributed by atoms with Crippen LogP contribution in [0.2, 0.25) is 5.02 Å². The van der Waals surface area contributed by atoms with Gasteiger partial charge in [-0.25, -0.2) is 4.39 Å². The van der Waals surface area contributed by atoms with Crippen molar-refractivity contribution in [1.82, 2.24) is 19.9 Å². The highest BCUT2D eigenvalue weighted by Gasteiger charge is 2.21. The summed E-state index contributed by atoms with van der Waals surface area (Å²) >= 11 is 8.08. The van der Waals surface area contributed by atoms with Crippen LogP contribution in [0.5, 0.6) is 17.2 Å². The Morgan fingerprint density at radius 2 is 1.82 bits per heavy atom. The second-order valence-corrected chi connectivity index (χ2v) is 11.9. The molecule has 4 aromatic heterocycles. The smallest absolute Gasteiger partial charge is 0.271 e.